The number of hydrogen-bond acceptors (Lipinski definition) is 15. The Hall–Kier alpha value is -1.94. The molecule has 588 valence electrons. The first-order valence-electron chi connectivity index (χ1n) is 41.2. The standard InChI is InChI=1S/C80H156O17P2/c1-9-73(8)59-51-43-35-30-31-37-45-53-61-78(83)91-67-76(97-80(85)63-55-47-39-29-23-22-26-34-42-50-58-72(6)7)69-95-99(88,89)93-65-74(81)64-92-98(86,87)94-68-75(66-90-77(82)60-52-44-36-27-20-17-16-19-25-33-41-49-57-71(4)5)96-79(84)62-54-46-38-28-21-15-13-11-10-12-14-18-24-32-40-48-56-70(2)3/h70-76,81H,9-69H2,1-8H3,(H,86,87)(H,88,89)/t73?,74-,75-,76-/m1/s1. The van der Waals surface area contributed by atoms with Crippen molar-refractivity contribution in [2.45, 2.75) is 427 Å². The first-order valence-corrected chi connectivity index (χ1v) is 44.2. The first-order chi connectivity index (χ1) is 47.6. The molecule has 6 atom stereocenters. The molecule has 0 amide bonds. The minimum Gasteiger partial charge on any atom is -0.462 e. The molecule has 3 N–H and O–H groups in total. The first kappa shape index (κ1) is 97.1. The number of hydrogen-bond donors (Lipinski definition) is 3. The Morgan fingerprint density at radius 3 is 0.717 bits per heavy atom. The fourth-order valence-electron chi connectivity index (χ4n) is 12.2. The van der Waals surface area contributed by atoms with Crippen molar-refractivity contribution in [3.05, 3.63) is 0 Å². The summed E-state index contributed by atoms with van der Waals surface area (Å²) in [7, 11) is -9.92. The van der Waals surface area contributed by atoms with E-state index in [1.807, 2.05) is 0 Å². The van der Waals surface area contributed by atoms with Crippen LogP contribution < -0.4 is 0 Å². The van der Waals surface area contributed by atoms with Crippen LogP contribution in [0, 0.1) is 23.7 Å². The zero-order chi connectivity index (χ0) is 73.1. The number of esters is 4. The summed E-state index contributed by atoms with van der Waals surface area (Å²) in [6.07, 6.45) is 55.4. The highest BCUT2D eigenvalue weighted by molar-refractivity contribution is 7.47. The van der Waals surface area contributed by atoms with Crippen LogP contribution in [0.4, 0.5) is 0 Å². The fourth-order valence-corrected chi connectivity index (χ4v) is 13.8. The van der Waals surface area contributed by atoms with E-state index in [0.29, 0.717) is 25.7 Å². The zero-order valence-corrected chi connectivity index (χ0v) is 66.9. The molecular formula is C80H156O17P2. The van der Waals surface area contributed by atoms with Crippen LogP contribution in [0.15, 0.2) is 0 Å². The number of aliphatic hydroxyl groups is 1. The molecule has 99 heavy (non-hydrogen) atoms. The molecule has 0 aliphatic rings. The monoisotopic (exact) mass is 1450 g/mol. The number of rotatable bonds is 77. The second-order valence-corrected chi connectivity index (χ2v) is 33.4. The minimum absolute atomic E-state index is 0.105. The molecule has 3 unspecified atom stereocenters. The molecule has 0 saturated carbocycles. The van der Waals surface area contributed by atoms with E-state index in [4.69, 9.17) is 37.0 Å². The third-order valence-electron chi connectivity index (χ3n) is 18.9. The van der Waals surface area contributed by atoms with Gasteiger partial charge >= 0.3 is 39.5 Å². The summed E-state index contributed by atoms with van der Waals surface area (Å²) in [5, 5.41) is 10.6. The highest BCUT2D eigenvalue weighted by Gasteiger charge is 2.30. The highest BCUT2D eigenvalue weighted by atomic mass is 31.2. The minimum atomic E-state index is -4.96. The maximum absolute atomic E-state index is 13.1. The molecule has 0 fully saturated rings. The van der Waals surface area contributed by atoms with Crippen molar-refractivity contribution in [2.24, 2.45) is 23.7 Å². The predicted octanol–water partition coefficient (Wildman–Crippen LogP) is 23.6. The van der Waals surface area contributed by atoms with E-state index < -0.39 is 97.5 Å². The lowest BCUT2D eigenvalue weighted by Crippen LogP contribution is -2.30. The summed E-state index contributed by atoms with van der Waals surface area (Å²) in [5.74, 6) is 1.01. The van der Waals surface area contributed by atoms with Gasteiger partial charge in [0.2, 0.25) is 0 Å². The fraction of sp³-hybridized carbons (Fsp3) is 0.950. The summed E-state index contributed by atoms with van der Waals surface area (Å²) in [4.78, 5) is 73.0. The summed E-state index contributed by atoms with van der Waals surface area (Å²) in [6.45, 7) is 14.3. The molecule has 0 aromatic carbocycles. The smallest absolute Gasteiger partial charge is 0.462 e. The van der Waals surface area contributed by atoms with Crippen LogP contribution in [0.25, 0.3) is 0 Å². The van der Waals surface area contributed by atoms with Gasteiger partial charge in [0, 0.05) is 25.7 Å². The Balaban J connectivity index is 5.26. The Bertz CT molecular complexity index is 1940. The van der Waals surface area contributed by atoms with Crippen LogP contribution in [-0.2, 0) is 65.4 Å². The van der Waals surface area contributed by atoms with Gasteiger partial charge in [0.25, 0.3) is 0 Å². The molecular weight excluding hydrogens is 1290 g/mol. The van der Waals surface area contributed by atoms with Gasteiger partial charge in [-0.1, -0.05) is 357 Å². The Kier molecular flexibility index (Phi) is 67.8. The molecule has 0 aromatic heterocycles. The summed E-state index contributed by atoms with van der Waals surface area (Å²) < 4.78 is 68.7. The average molecular weight is 1450 g/mol. The van der Waals surface area contributed by atoms with Crippen LogP contribution in [-0.4, -0.2) is 96.7 Å². The van der Waals surface area contributed by atoms with E-state index >= 15 is 0 Å². The van der Waals surface area contributed by atoms with Crippen molar-refractivity contribution < 1.29 is 80.2 Å². The van der Waals surface area contributed by atoms with Crippen molar-refractivity contribution in [3.63, 3.8) is 0 Å². The number of unbranched alkanes of at least 4 members (excludes halogenated alkanes) is 42. The normalized spacial score (nSPS) is 14.3. The van der Waals surface area contributed by atoms with E-state index in [9.17, 15) is 43.2 Å². The van der Waals surface area contributed by atoms with E-state index in [0.717, 1.165) is 114 Å². The van der Waals surface area contributed by atoms with Gasteiger partial charge in [-0.05, 0) is 49.4 Å². The molecule has 0 radical (unpaired) electrons. The number of phosphoric ester groups is 2. The average Bonchev–Trinajstić information content (AvgIpc) is 1.56. The largest absolute Gasteiger partial charge is 0.472 e. The van der Waals surface area contributed by atoms with E-state index in [2.05, 4.69) is 55.4 Å². The van der Waals surface area contributed by atoms with Gasteiger partial charge in [-0.2, -0.15) is 0 Å². The lowest BCUT2D eigenvalue weighted by Gasteiger charge is -2.21. The number of aliphatic hydroxyl groups excluding tert-OH is 1. The van der Waals surface area contributed by atoms with Crippen molar-refractivity contribution in [2.75, 3.05) is 39.6 Å². The maximum atomic E-state index is 13.1. The molecule has 17 nitrogen and oxygen atoms in total. The maximum Gasteiger partial charge on any atom is 0.472 e. The van der Waals surface area contributed by atoms with Crippen molar-refractivity contribution in [3.8, 4) is 0 Å². The number of carbonyl (C=O) groups excluding carboxylic acids is 4. The Labute approximate surface area is 607 Å². The third-order valence-corrected chi connectivity index (χ3v) is 20.8. The second kappa shape index (κ2) is 69.1. The van der Waals surface area contributed by atoms with Crippen LogP contribution in [0.1, 0.15) is 409 Å². The van der Waals surface area contributed by atoms with Gasteiger partial charge in [-0.15, -0.1) is 0 Å². The molecule has 0 aromatic rings. The highest BCUT2D eigenvalue weighted by Crippen LogP contribution is 2.45. The van der Waals surface area contributed by atoms with Gasteiger partial charge in [0.1, 0.15) is 19.3 Å². The van der Waals surface area contributed by atoms with Crippen LogP contribution in [0.2, 0.25) is 0 Å². The van der Waals surface area contributed by atoms with Gasteiger partial charge in [-0.25, -0.2) is 9.13 Å². The second-order valence-electron chi connectivity index (χ2n) is 30.5. The SMILES string of the molecule is CCC(C)CCCCCCCCCCC(=O)OC[C@H](COP(=O)(O)OC[C@H](O)COP(=O)(O)OC[C@@H](COC(=O)CCCCCCCCCCCCCCC(C)C)OC(=O)CCCCCCCCCCCCCCCCCCC(C)C)OC(=O)CCCCCCCCCCCCC(C)C. The lowest BCUT2D eigenvalue weighted by atomic mass is 9.99. The molecule has 0 saturated heterocycles. The van der Waals surface area contributed by atoms with E-state index in [-0.39, 0.29) is 25.7 Å². The van der Waals surface area contributed by atoms with E-state index in [1.165, 1.54) is 212 Å². The van der Waals surface area contributed by atoms with E-state index in [1.54, 1.807) is 0 Å². The van der Waals surface area contributed by atoms with Crippen LogP contribution in [0.5, 0.6) is 0 Å². The number of carbonyl (C=O) groups is 4. The Morgan fingerprint density at radius 2 is 0.485 bits per heavy atom. The quantitative estimate of drug-likeness (QED) is 0.0222. The molecule has 0 bridgehead atoms. The molecule has 0 rings (SSSR count). The molecule has 0 heterocycles. The number of ether oxygens (including phenoxy) is 4. The Morgan fingerprint density at radius 1 is 0.283 bits per heavy atom. The summed E-state index contributed by atoms with van der Waals surface area (Å²) in [5.41, 5.74) is 0. The molecule has 19 heteroatoms. The van der Waals surface area contributed by atoms with Crippen molar-refractivity contribution >= 4 is 39.5 Å². The zero-order valence-electron chi connectivity index (χ0n) is 65.1. The van der Waals surface area contributed by atoms with Crippen molar-refractivity contribution in [1.82, 2.24) is 0 Å². The van der Waals surface area contributed by atoms with Crippen LogP contribution >= 0.6 is 15.6 Å². The lowest BCUT2D eigenvalue weighted by molar-refractivity contribution is -0.161. The summed E-state index contributed by atoms with van der Waals surface area (Å²) >= 11 is 0. The molecule has 0 aliphatic heterocycles. The summed E-state index contributed by atoms with van der Waals surface area (Å²) in [6, 6.07) is 0. The van der Waals surface area contributed by atoms with Crippen molar-refractivity contribution in [1.29, 1.82) is 0 Å². The van der Waals surface area contributed by atoms with Crippen LogP contribution in [0.3, 0.4) is 0 Å². The van der Waals surface area contributed by atoms with Gasteiger partial charge in [-0.3, -0.25) is 37.3 Å². The third kappa shape index (κ3) is 72.8. The molecule has 0 aliphatic carbocycles. The number of phosphoric acid groups is 2. The predicted molar refractivity (Wildman–Crippen MR) is 404 cm³/mol. The molecule has 0 spiro atoms. The topological polar surface area (TPSA) is 237 Å². The van der Waals surface area contributed by atoms with Gasteiger partial charge in [0.15, 0.2) is 12.2 Å². The van der Waals surface area contributed by atoms with Gasteiger partial charge < -0.3 is 33.8 Å². The van der Waals surface area contributed by atoms with Gasteiger partial charge in [0.05, 0.1) is 26.4 Å².